The van der Waals surface area contributed by atoms with Crippen molar-refractivity contribution in [2.75, 3.05) is 23.9 Å². The quantitative estimate of drug-likeness (QED) is 0.445. The van der Waals surface area contributed by atoms with Crippen LogP contribution in [-0.2, 0) is 4.79 Å². The molecule has 3 rings (SSSR count). The fraction of sp³-hybridized carbons (Fsp3) is 0.167. The van der Waals surface area contributed by atoms with Crippen molar-refractivity contribution in [3.8, 4) is 16.9 Å². The van der Waals surface area contributed by atoms with E-state index < -0.39 is 0 Å². The van der Waals surface area contributed by atoms with Crippen molar-refractivity contribution in [2.24, 2.45) is 0 Å². The molecule has 0 unspecified atom stereocenters. The van der Waals surface area contributed by atoms with Gasteiger partial charge in [0.25, 0.3) is 0 Å². The summed E-state index contributed by atoms with van der Waals surface area (Å²) >= 11 is 7.36. The van der Waals surface area contributed by atoms with Gasteiger partial charge in [-0.2, -0.15) is 0 Å². The molecule has 6 heteroatoms. The zero-order valence-electron chi connectivity index (χ0n) is 16.8. The molecule has 0 aliphatic carbocycles. The zero-order chi connectivity index (χ0) is 21.5. The van der Waals surface area contributed by atoms with Gasteiger partial charge in [-0.1, -0.05) is 66.2 Å². The Morgan fingerprint density at radius 1 is 0.967 bits per heavy atom. The first-order valence-corrected chi connectivity index (χ1v) is 10.9. The van der Waals surface area contributed by atoms with Crippen LogP contribution in [-0.4, -0.2) is 30.3 Å². The minimum absolute atomic E-state index is 0.00710. The van der Waals surface area contributed by atoms with Gasteiger partial charge in [-0.3, -0.25) is 9.59 Å². The molecular weight excluding hydrogens is 418 g/mol. The monoisotopic (exact) mass is 439 g/mol. The SMILES string of the molecule is COc1cc(Cl)c(C)cc1NC(=O)CSCC(=O)c1ccc(-c2ccccc2)cc1. The van der Waals surface area contributed by atoms with Gasteiger partial charge in [0.1, 0.15) is 5.75 Å². The predicted molar refractivity (Wildman–Crippen MR) is 125 cm³/mol. The number of ether oxygens (including phenoxy) is 1. The van der Waals surface area contributed by atoms with E-state index in [0.717, 1.165) is 16.7 Å². The molecule has 4 nitrogen and oxygen atoms in total. The summed E-state index contributed by atoms with van der Waals surface area (Å²) < 4.78 is 5.26. The van der Waals surface area contributed by atoms with Crippen LogP contribution in [0, 0.1) is 6.92 Å². The standard InChI is InChI=1S/C24H22ClNO3S/c1-16-12-21(23(29-2)13-20(16)25)26-24(28)15-30-14-22(27)19-10-8-18(9-11-19)17-6-4-3-5-7-17/h3-13H,14-15H2,1-2H3,(H,26,28). The van der Waals surface area contributed by atoms with Crippen LogP contribution >= 0.6 is 23.4 Å². The van der Waals surface area contributed by atoms with E-state index in [0.29, 0.717) is 22.0 Å². The van der Waals surface area contributed by atoms with Gasteiger partial charge in [0.05, 0.1) is 24.3 Å². The number of halogens is 1. The number of hydrogen-bond donors (Lipinski definition) is 1. The lowest BCUT2D eigenvalue weighted by Gasteiger charge is -2.12. The molecule has 0 atom stereocenters. The van der Waals surface area contributed by atoms with Gasteiger partial charge < -0.3 is 10.1 Å². The van der Waals surface area contributed by atoms with Gasteiger partial charge in [0, 0.05) is 16.7 Å². The lowest BCUT2D eigenvalue weighted by atomic mass is 10.0. The van der Waals surface area contributed by atoms with E-state index in [4.69, 9.17) is 16.3 Å². The molecule has 0 bridgehead atoms. The van der Waals surface area contributed by atoms with Gasteiger partial charge in [-0.25, -0.2) is 0 Å². The van der Waals surface area contributed by atoms with Crippen LogP contribution in [0.25, 0.3) is 11.1 Å². The van der Waals surface area contributed by atoms with Gasteiger partial charge in [-0.05, 0) is 29.7 Å². The second-order valence-corrected chi connectivity index (χ2v) is 8.10. The molecule has 0 spiro atoms. The van der Waals surface area contributed by atoms with Gasteiger partial charge in [-0.15, -0.1) is 11.8 Å². The number of thioether (sulfide) groups is 1. The summed E-state index contributed by atoms with van der Waals surface area (Å²) in [5.41, 5.74) is 4.21. The summed E-state index contributed by atoms with van der Waals surface area (Å²) in [6.45, 7) is 1.86. The number of aryl methyl sites for hydroxylation is 1. The van der Waals surface area contributed by atoms with Crippen molar-refractivity contribution < 1.29 is 14.3 Å². The lowest BCUT2D eigenvalue weighted by molar-refractivity contribution is -0.113. The fourth-order valence-electron chi connectivity index (χ4n) is 2.92. The number of Topliss-reactive ketones (excluding diaryl/α,β-unsaturated/α-hetero) is 1. The maximum atomic E-state index is 12.4. The Hall–Kier alpha value is -2.76. The highest BCUT2D eigenvalue weighted by molar-refractivity contribution is 8.00. The van der Waals surface area contributed by atoms with Crippen molar-refractivity contribution in [2.45, 2.75) is 6.92 Å². The van der Waals surface area contributed by atoms with Gasteiger partial charge in [0.15, 0.2) is 5.78 Å². The Bertz CT molecular complexity index is 1040. The minimum atomic E-state index is -0.202. The Kier molecular flexibility index (Phi) is 7.55. The molecule has 30 heavy (non-hydrogen) atoms. The van der Waals surface area contributed by atoms with Crippen molar-refractivity contribution in [3.63, 3.8) is 0 Å². The van der Waals surface area contributed by atoms with Crippen LogP contribution in [0.1, 0.15) is 15.9 Å². The molecule has 0 saturated heterocycles. The molecule has 0 aromatic heterocycles. The second kappa shape index (κ2) is 10.3. The number of amides is 1. The molecular formula is C24H22ClNO3S. The summed E-state index contributed by atoms with van der Waals surface area (Å²) in [5, 5.41) is 3.39. The molecule has 1 amide bonds. The van der Waals surface area contributed by atoms with Crippen LogP contribution in [0.15, 0.2) is 66.7 Å². The van der Waals surface area contributed by atoms with Crippen LogP contribution < -0.4 is 10.1 Å². The Morgan fingerprint density at radius 3 is 2.30 bits per heavy atom. The highest BCUT2D eigenvalue weighted by Crippen LogP contribution is 2.31. The van der Waals surface area contributed by atoms with Crippen molar-refractivity contribution >= 4 is 40.7 Å². The van der Waals surface area contributed by atoms with E-state index in [2.05, 4.69) is 5.32 Å². The number of hydrogen-bond acceptors (Lipinski definition) is 4. The molecule has 1 N–H and O–H groups in total. The van der Waals surface area contributed by atoms with Crippen molar-refractivity contribution in [1.82, 2.24) is 0 Å². The maximum Gasteiger partial charge on any atom is 0.234 e. The lowest BCUT2D eigenvalue weighted by Crippen LogP contribution is -2.16. The van der Waals surface area contributed by atoms with E-state index in [-0.39, 0.29) is 23.2 Å². The predicted octanol–water partition coefficient (Wildman–Crippen LogP) is 5.88. The fourth-order valence-corrected chi connectivity index (χ4v) is 3.78. The average Bonchev–Trinajstić information content (AvgIpc) is 2.76. The highest BCUT2D eigenvalue weighted by Gasteiger charge is 2.12. The summed E-state index contributed by atoms with van der Waals surface area (Å²) in [6.07, 6.45) is 0. The highest BCUT2D eigenvalue weighted by atomic mass is 35.5. The van der Waals surface area contributed by atoms with Gasteiger partial charge >= 0.3 is 0 Å². The number of carbonyl (C=O) groups is 2. The summed E-state index contributed by atoms with van der Waals surface area (Å²) in [5.74, 6) is 0.686. The molecule has 0 saturated carbocycles. The normalized spacial score (nSPS) is 10.5. The number of anilines is 1. The van der Waals surface area contributed by atoms with Crippen LogP contribution in [0.2, 0.25) is 5.02 Å². The number of nitrogens with one attached hydrogen (secondary N) is 1. The number of ketones is 1. The largest absolute Gasteiger partial charge is 0.495 e. The number of benzene rings is 3. The molecule has 0 fully saturated rings. The third-order valence-corrected chi connectivity index (χ3v) is 5.87. The first kappa shape index (κ1) is 21.9. The van der Waals surface area contributed by atoms with E-state index in [9.17, 15) is 9.59 Å². The van der Waals surface area contributed by atoms with Crippen LogP contribution in [0.5, 0.6) is 5.75 Å². The van der Waals surface area contributed by atoms with E-state index >= 15 is 0 Å². The Balaban J connectivity index is 1.52. The van der Waals surface area contributed by atoms with Crippen molar-refractivity contribution in [3.05, 3.63) is 82.9 Å². The molecule has 0 aliphatic heterocycles. The maximum absolute atomic E-state index is 12.4. The summed E-state index contributed by atoms with van der Waals surface area (Å²) in [7, 11) is 1.52. The molecule has 154 valence electrons. The molecule has 0 radical (unpaired) electrons. The molecule has 0 heterocycles. The van der Waals surface area contributed by atoms with Crippen LogP contribution in [0.4, 0.5) is 5.69 Å². The Morgan fingerprint density at radius 2 is 1.63 bits per heavy atom. The summed E-state index contributed by atoms with van der Waals surface area (Å²) in [4.78, 5) is 24.7. The van der Waals surface area contributed by atoms with E-state index in [1.807, 2.05) is 61.5 Å². The third kappa shape index (κ3) is 5.65. The number of rotatable bonds is 8. The second-order valence-electron chi connectivity index (χ2n) is 6.71. The smallest absolute Gasteiger partial charge is 0.234 e. The zero-order valence-corrected chi connectivity index (χ0v) is 18.3. The number of carbonyl (C=O) groups excluding carboxylic acids is 2. The van der Waals surface area contributed by atoms with E-state index in [1.165, 1.54) is 18.9 Å². The Labute approximate surface area is 185 Å². The number of methoxy groups -OCH3 is 1. The third-order valence-electron chi connectivity index (χ3n) is 4.54. The molecule has 3 aromatic carbocycles. The summed E-state index contributed by atoms with van der Waals surface area (Å²) in [6, 6.07) is 21.0. The average molecular weight is 440 g/mol. The molecule has 3 aromatic rings. The minimum Gasteiger partial charge on any atom is -0.495 e. The first-order chi connectivity index (χ1) is 14.5. The first-order valence-electron chi connectivity index (χ1n) is 9.38. The molecule has 0 aliphatic rings. The van der Waals surface area contributed by atoms with E-state index in [1.54, 1.807) is 12.1 Å². The van der Waals surface area contributed by atoms with Crippen LogP contribution in [0.3, 0.4) is 0 Å². The topological polar surface area (TPSA) is 55.4 Å². The van der Waals surface area contributed by atoms with Crippen molar-refractivity contribution in [1.29, 1.82) is 0 Å². The van der Waals surface area contributed by atoms with Gasteiger partial charge in [0.2, 0.25) is 5.91 Å².